The van der Waals surface area contributed by atoms with Gasteiger partial charge in [0.1, 0.15) is 0 Å². The molecule has 0 aliphatic carbocycles. The summed E-state index contributed by atoms with van der Waals surface area (Å²) in [6, 6.07) is 0.492. The molecule has 0 fully saturated rings. The van der Waals surface area contributed by atoms with Crippen LogP contribution in [-0.2, 0) is 19.9 Å². The average molecular weight is 278 g/mol. The van der Waals surface area contributed by atoms with Crippen LogP contribution in [0.25, 0.3) is 0 Å². The van der Waals surface area contributed by atoms with E-state index in [1.54, 1.807) is 11.3 Å². The van der Waals surface area contributed by atoms with Crippen LogP contribution in [0.5, 0.6) is 0 Å². The molecule has 0 aliphatic rings. The first kappa shape index (κ1) is 14.2. The zero-order valence-electron chi connectivity index (χ0n) is 11.9. The summed E-state index contributed by atoms with van der Waals surface area (Å²) in [5.41, 5.74) is 2.51. The zero-order valence-corrected chi connectivity index (χ0v) is 12.7. The maximum Gasteiger partial charge on any atom is 0.0897 e. The van der Waals surface area contributed by atoms with E-state index in [2.05, 4.69) is 40.8 Å². The molecule has 0 aromatic carbocycles. The molecule has 0 saturated carbocycles. The lowest BCUT2D eigenvalue weighted by Gasteiger charge is -2.16. The van der Waals surface area contributed by atoms with Gasteiger partial charge in [-0.2, -0.15) is 5.10 Å². The van der Waals surface area contributed by atoms with Gasteiger partial charge in [-0.05, 0) is 31.9 Å². The molecule has 0 saturated heterocycles. The van der Waals surface area contributed by atoms with Crippen LogP contribution in [0.2, 0.25) is 0 Å². The molecule has 2 rings (SSSR count). The molecule has 0 amide bonds. The van der Waals surface area contributed by atoms with Crippen molar-refractivity contribution in [2.75, 3.05) is 6.54 Å². The van der Waals surface area contributed by atoms with Gasteiger partial charge in [0.2, 0.25) is 0 Å². The number of hydrogen-bond donors (Lipinski definition) is 1. The lowest BCUT2D eigenvalue weighted by molar-refractivity contribution is 0.487. The molecule has 2 aromatic heterocycles. The lowest BCUT2D eigenvalue weighted by atomic mass is 10.0. The zero-order chi connectivity index (χ0) is 13.7. The molecule has 19 heavy (non-hydrogen) atoms. The minimum Gasteiger partial charge on any atom is -0.314 e. The van der Waals surface area contributed by atoms with Crippen LogP contribution < -0.4 is 5.32 Å². The first-order valence-corrected chi connectivity index (χ1v) is 7.67. The molecule has 2 heterocycles. The van der Waals surface area contributed by atoms with E-state index in [1.807, 2.05) is 17.9 Å². The number of rotatable bonds is 7. The fraction of sp³-hybridized carbons (Fsp3) is 0.571. The van der Waals surface area contributed by atoms with E-state index in [-0.39, 0.29) is 0 Å². The number of aromatic nitrogens is 3. The molecule has 0 radical (unpaired) electrons. The van der Waals surface area contributed by atoms with E-state index in [0.29, 0.717) is 6.04 Å². The van der Waals surface area contributed by atoms with Crippen molar-refractivity contribution in [3.8, 4) is 0 Å². The first-order valence-electron chi connectivity index (χ1n) is 6.79. The monoisotopic (exact) mass is 278 g/mol. The molecule has 0 spiro atoms. The third kappa shape index (κ3) is 4.44. The highest BCUT2D eigenvalue weighted by Crippen LogP contribution is 2.13. The van der Waals surface area contributed by atoms with Crippen molar-refractivity contribution >= 4 is 11.3 Å². The van der Waals surface area contributed by atoms with Crippen molar-refractivity contribution in [2.24, 2.45) is 7.05 Å². The normalized spacial score (nSPS) is 12.8. The van der Waals surface area contributed by atoms with E-state index in [9.17, 15) is 0 Å². The molecular weight excluding hydrogens is 256 g/mol. The second kappa shape index (κ2) is 6.82. The Morgan fingerprint density at radius 3 is 2.89 bits per heavy atom. The molecule has 1 N–H and O–H groups in total. The third-order valence-electron chi connectivity index (χ3n) is 3.15. The predicted octanol–water partition coefficient (Wildman–Crippen LogP) is 2.34. The van der Waals surface area contributed by atoms with Gasteiger partial charge in [-0.15, -0.1) is 11.3 Å². The van der Waals surface area contributed by atoms with Crippen molar-refractivity contribution in [3.05, 3.63) is 34.0 Å². The molecular formula is C14H22N4S. The molecule has 2 aromatic rings. The van der Waals surface area contributed by atoms with Crippen LogP contribution in [0.4, 0.5) is 0 Å². The molecule has 0 aliphatic heterocycles. The van der Waals surface area contributed by atoms with E-state index in [0.717, 1.165) is 30.8 Å². The van der Waals surface area contributed by atoms with E-state index < -0.39 is 0 Å². The summed E-state index contributed by atoms with van der Waals surface area (Å²) in [7, 11) is 1.96. The molecule has 4 nitrogen and oxygen atoms in total. The molecule has 0 bridgehead atoms. The molecule has 1 unspecified atom stereocenters. The highest BCUT2D eigenvalue weighted by Gasteiger charge is 2.11. The Morgan fingerprint density at radius 2 is 2.32 bits per heavy atom. The van der Waals surface area contributed by atoms with E-state index in [4.69, 9.17) is 0 Å². The number of aryl methyl sites for hydroxylation is 3. The van der Waals surface area contributed by atoms with Gasteiger partial charge in [0.15, 0.2) is 0 Å². The summed E-state index contributed by atoms with van der Waals surface area (Å²) in [5, 5.41) is 11.1. The molecule has 1 atom stereocenters. The van der Waals surface area contributed by atoms with Gasteiger partial charge in [-0.3, -0.25) is 4.68 Å². The fourth-order valence-corrected chi connectivity index (χ4v) is 2.89. The van der Waals surface area contributed by atoms with Gasteiger partial charge in [0.25, 0.3) is 0 Å². The lowest BCUT2D eigenvalue weighted by Crippen LogP contribution is -2.31. The smallest absolute Gasteiger partial charge is 0.0897 e. The molecule has 104 valence electrons. The van der Waals surface area contributed by atoms with E-state index in [1.165, 1.54) is 11.3 Å². The van der Waals surface area contributed by atoms with Gasteiger partial charge >= 0.3 is 0 Å². The van der Waals surface area contributed by atoms with Crippen molar-refractivity contribution in [1.29, 1.82) is 0 Å². The summed E-state index contributed by atoms with van der Waals surface area (Å²) in [6.07, 6.45) is 7.25. The van der Waals surface area contributed by atoms with Crippen LogP contribution in [0.1, 0.15) is 29.6 Å². The minimum absolute atomic E-state index is 0.492. The Hall–Kier alpha value is -1.20. The second-order valence-corrected chi connectivity index (χ2v) is 5.94. The summed E-state index contributed by atoms with van der Waals surface area (Å²) < 4.78 is 1.86. The van der Waals surface area contributed by atoms with Crippen LogP contribution in [0.15, 0.2) is 17.8 Å². The second-order valence-electron chi connectivity index (χ2n) is 4.88. The van der Waals surface area contributed by atoms with Crippen molar-refractivity contribution in [3.63, 3.8) is 0 Å². The maximum atomic E-state index is 4.55. The van der Waals surface area contributed by atoms with Gasteiger partial charge in [0.05, 0.1) is 16.9 Å². The maximum absolute atomic E-state index is 4.55. The number of nitrogens with zero attached hydrogens (tertiary/aromatic N) is 3. The largest absolute Gasteiger partial charge is 0.314 e. The van der Waals surface area contributed by atoms with Crippen LogP contribution in [-0.4, -0.2) is 27.4 Å². The van der Waals surface area contributed by atoms with Crippen LogP contribution in [0.3, 0.4) is 0 Å². The van der Waals surface area contributed by atoms with Crippen molar-refractivity contribution < 1.29 is 0 Å². The number of nitrogens with one attached hydrogen (secondary N) is 1. The number of likely N-dealkylation sites (N-methyl/N-ethyl adjacent to an activating group) is 1. The van der Waals surface area contributed by atoms with Crippen LogP contribution >= 0.6 is 11.3 Å². The number of hydrogen-bond acceptors (Lipinski definition) is 4. The Kier molecular flexibility index (Phi) is 5.10. The van der Waals surface area contributed by atoms with E-state index >= 15 is 0 Å². The average Bonchev–Trinajstić information content (AvgIpc) is 2.96. The standard InChI is InChI=1S/C14H22N4S/c1-4-15-13(7-14-10-19-11(2)17-14)6-5-12-8-16-18(3)9-12/h8-10,13,15H,4-7H2,1-3H3. The van der Waals surface area contributed by atoms with Gasteiger partial charge in [0, 0.05) is 31.1 Å². The number of thiazole rings is 1. The first-order chi connectivity index (χ1) is 9.17. The van der Waals surface area contributed by atoms with Crippen molar-refractivity contribution in [1.82, 2.24) is 20.1 Å². The summed E-state index contributed by atoms with van der Waals surface area (Å²) in [5.74, 6) is 0. The van der Waals surface area contributed by atoms with Gasteiger partial charge in [-0.25, -0.2) is 4.98 Å². The highest BCUT2D eigenvalue weighted by molar-refractivity contribution is 7.09. The summed E-state index contributed by atoms with van der Waals surface area (Å²) in [6.45, 7) is 5.22. The Balaban J connectivity index is 1.88. The Labute approximate surface area is 118 Å². The highest BCUT2D eigenvalue weighted by atomic mass is 32.1. The summed E-state index contributed by atoms with van der Waals surface area (Å²) >= 11 is 1.73. The Morgan fingerprint density at radius 1 is 1.47 bits per heavy atom. The topological polar surface area (TPSA) is 42.7 Å². The summed E-state index contributed by atoms with van der Waals surface area (Å²) in [4.78, 5) is 4.55. The minimum atomic E-state index is 0.492. The Bertz CT molecular complexity index is 503. The third-order valence-corrected chi connectivity index (χ3v) is 3.98. The SMILES string of the molecule is CCNC(CCc1cnn(C)c1)Cc1csc(C)n1. The molecule has 5 heteroatoms. The van der Waals surface area contributed by atoms with Gasteiger partial charge in [-0.1, -0.05) is 6.92 Å². The van der Waals surface area contributed by atoms with Crippen LogP contribution in [0, 0.1) is 6.92 Å². The van der Waals surface area contributed by atoms with Crippen molar-refractivity contribution in [2.45, 2.75) is 39.2 Å². The fourth-order valence-electron chi connectivity index (χ4n) is 2.26. The quantitative estimate of drug-likeness (QED) is 0.845. The predicted molar refractivity (Wildman–Crippen MR) is 79.5 cm³/mol. The van der Waals surface area contributed by atoms with Gasteiger partial charge < -0.3 is 5.32 Å².